The Balaban J connectivity index is 1.87. The van der Waals surface area contributed by atoms with Gasteiger partial charge < -0.3 is 9.67 Å². The van der Waals surface area contributed by atoms with Gasteiger partial charge in [0, 0.05) is 25.5 Å². The molecule has 4 aromatic rings. The number of carboxylic acids is 1. The van der Waals surface area contributed by atoms with Crippen LogP contribution in [0.5, 0.6) is 0 Å². The fraction of sp³-hybridized carbons (Fsp3) is 0.200. The van der Waals surface area contributed by atoms with Crippen molar-refractivity contribution in [1.29, 1.82) is 0 Å². The maximum absolute atomic E-state index is 13.1. The summed E-state index contributed by atoms with van der Waals surface area (Å²) in [6.45, 7) is 1.57. The zero-order chi connectivity index (χ0) is 20.7. The van der Waals surface area contributed by atoms with Crippen LogP contribution in [0.2, 0.25) is 0 Å². The van der Waals surface area contributed by atoms with Gasteiger partial charge in [0.1, 0.15) is 6.54 Å². The summed E-state index contributed by atoms with van der Waals surface area (Å²) in [7, 11) is 1.54. The highest BCUT2D eigenvalue weighted by Gasteiger charge is 2.20. The first-order chi connectivity index (χ1) is 13.9. The number of benzene rings is 1. The zero-order valence-corrected chi connectivity index (χ0v) is 15.9. The van der Waals surface area contributed by atoms with Crippen LogP contribution >= 0.6 is 0 Å². The van der Waals surface area contributed by atoms with Gasteiger partial charge in [-0.25, -0.2) is 4.79 Å². The quantitative estimate of drug-likeness (QED) is 0.550. The number of aromatic nitrogens is 5. The lowest BCUT2D eigenvalue weighted by molar-refractivity contribution is -0.137. The maximum Gasteiger partial charge on any atom is 0.332 e. The molecule has 3 aromatic heterocycles. The van der Waals surface area contributed by atoms with Gasteiger partial charge in [-0.05, 0) is 12.5 Å². The van der Waals surface area contributed by atoms with E-state index in [9.17, 15) is 14.4 Å². The van der Waals surface area contributed by atoms with Crippen molar-refractivity contribution in [1.82, 2.24) is 23.1 Å². The van der Waals surface area contributed by atoms with Crippen molar-refractivity contribution in [3.63, 3.8) is 0 Å². The van der Waals surface area contributed by atoms with Gasteiger partial charge >= 0.3 is 11.7 Å². The van der Waals surface area contributed by atoms with Crippen molar-refractivity contribution < 1.29 is 9.90 Å². The Labute approximate surface area is 164 Å². The third-order valence-corrected chi connectivity index (χ3v) is 4.83. The Morgan fingerprint density at radius 3 is 2.59 bits per heavy atom. The molecule has 0 fully saturated rings. The number of nitrogens with zero attached hydrogens (tertiary/aromatic N) is 5. The van der Waals surface area contributed by atoms with Gasteiger partial charge in [0.2, 0.25) is 5.78 Å². The van der Waals surface area contributed by atoms with Crippen LogP contribution in [-0.4, -0.2) is 34.2 Å². The molecule has 1 N–H and O–H groups in total. The minimum Gasteiger partial charge on any atom is -0.480 e. The van der Waals surface area contributed by atoms with E-state index >= 15 is 0 Å². The molecule has 0 bridgehead atoms. The van der Waals surface area contributed by atoms with Crippen LogP contribution in [0.4, 0.5) is 0 Å². The maximum atomic E-state index is 13.1. The molecule has 0 aliphatic rings. The summed E-state index contributed by atoms with van der Waals surface area (Å²) >= 11 is 0. The average Bonchev–Trinajstić information content (AvgIpc) is 3.20. The zero-order valence-electron chi connectivity index (χ0n) is 15.9. The molecule has 0 saturated carbocycles. The Morgan fingerprint density at radius 1 is 1.17 bits per heavy atom. The van der Waals surface area contributed by atoms with Crippen molar-refractivity contribution in [2.24, 2.45) is 7.05 Å². The highest BCUT2D eigenvalue weighted by Crippen LogP contribution is 2.16. The van der Waals surface area contributed by atoms with E-state index in [0.717, 1.165) is 10.1 Å². The predicted molar refractivity (Wildman–Crippen MR) is 108 cm³/mol. The van der Waals surface area contributed by atoms with Gasteiger partial charge in [0.25, 0.3) is 5.56 Å². The van der Waals surface area contributed by atoms with Gasteiger partial charge in [-0.3, -0.25) is 23.1 Å². The van der Waals surface area contributed by atoms with E-state index in [1.54, 1.807) is 30.6 Å². The van der Waals surface area contributed by atoms with Gasteiger partial charge in [-0.2, -0.15) is 4.98 Å². The summed E-state index contributed by atoms with van der Waals surface area (Å²) in [6.07, 6.45) is 5.25. The number of fused-ring (bicyclic) bond motifs is 3. The molecule has 1 aromatic carbocycles. The summed E-state index contributed by atoms with van der Waals surface area (Å²) in [5, 5.41) is 9.15. The Hall–Kier alpha value is -3.88. The number of hydrogen-bond acceptors (Lipinski definition) is 4. The number of carboxylic acid groups (broad SMARTS) is 1. The van der Waals surface area contributed by atoms with Crippen LogP contribution < -0.4 is 11.2 Å². The highest BCUT2D eigenvalue weighted by atomic mass is 16.4. The van der Waals surface area contributed by atoms with Gasteiger partial charge in [0.15, 0.2) is 11.2 Å². The second-order valence-electron chi connectivity index (χ2n) is 6.77. The van der Waals surface area contributed by atoms with E-state index in [1.807, 2.05) is 36.4 Å². The van der Waals surface area contributed by atoms with Crippen molar-refractivity contribution in [2.75, 3.05) is 0 Å². The normalized spacial score (nSPS) is 11.8. The summed E-state index contributed by atoms with van der Waals surface area (Å²) in [6, 6.07) is 9.58. The van der Waals surface area contributed by atoms with Crippen molar-refractivity contribution in [3.8, 4) is 0 Å². The van der Waals surface area contributed by atoms with Crippen LogP contribution in [0.3, 0.4) is 0 Å². The fourth-order valence-corrected chi connectivity index (χ4v) is 3.41. The average molecular weight is 393 g/mol. The third-order valence-electron chi connectivity index (χ3n) is 4.83. The number of rotatable bonds is 5. The van der Waals surface area contributed by atoms with Crippen LogP contribution in [0, 0.1) is 6.92 Å². The molecular formula is C20H19N5O4. The van der Waals surface area contributed by atoms with Gasteiger partial charge in [0.05, 0.1) is 0 Å². The summed E-state index contributed by atoms with van der Waals surface area (Å²) in [4.78, 5) is 41.3. The molecule has 0 atom stereocenters. The molecular weight excluding hydrogens is 374 g/mol. The lowest BCUT2D eigenvalue weighted by atomic mass is 10.2. The highest BCUT2D eigenvalue weighted by molar-refractivity contribution is 5.76. The molecule has 9 nitrogen and oxygen atoms in total. The van der Waals surface area contributed by atoms with E-state index in [1.165, 1.54) is 9.13 Å². The molecule has 0 aliphatic heterocycles. The summed E-state index contributed by atoms with van der Waals surface area (Å²) < 4.78 is 5.49. The van der Waals surface area contributed by atoms with E-state index in [2.05, 4.69) is 4.98 Å². The van der Waals surface area contributed by atoms with Crippen LogP contribution in [0.1, 0.15) is 11.3 Å². The largest absolute Gasteiger partial charge is 0.480 e. The minimum absolute atomic E-state index is 0.110. The standard InChI is InChI=1S/C20H19N5O4/c1-13-11-25-16-17(21-19(25)24(13)12-15(26)27)22(2)20(29)23(18(16)28)10-6-9-14-7-4-3-5-8-14/h3-9,11H,10,12H2,1-2H3,(H,26,27)/b9-6+. The summed E-state index contributed by atoms with van der Waals surface area (Å²) in [5.74, 6) is -0.708. The lowest BCUT2D eigenvalue weighted by Crippen LogP contribution is -2.39. The molecule has 9 heteroatoms. The van der Waals surface area contributed by atoms with Gasteiger partial charge in [-0.1, -0.05) is 42.5 Å². The first-order valence-electron chi connectivity index (χ1n) is 8.99. The fourth-order valence-electron chi connectivity index (χ4n) is 3.41. The number of aryl methyl sites for hydroxylation is 2. The number of aliphatic carboxylic acids is 1. The number of hydrogen-bond donors (Lipinski definition) is 1. The first kappa shape index (κ1) is 18.5. The van der Waals surface area contributed by atoms with E-state index in [0.29, 0.717) is 11.5 Å². The first-order valence-corrected chi connectivity index (χ1v) is 8.99. The molecule has 29 heavy (non-hydrogen) atoms. The van der Waals surface area contributed by atoms with E-state index < -0.39 is 17.2 Å². The molecule has 0 saturated heterocycles. The second-order valence-corrected chi connectivity index (χ2v) is 6.77. The number of carbonyl (C=O) groups is 1. The molecule has 4 rings (SSSR count). The minimum atomic E-state index is -1.02. The molecule has 0 unspecified atom stereocenters. The second kappa shape index (κ2) is 6.93. The molecule has 3 heterocycles. The smallest absolute Gasteiger partial charge is 0.332 e. The van der Waals surface area contributed by atoms with E-state index in [-0.39, 0.29) is 24.3 Å². The van der Waals surface area contributed by atoms with Crippen molar-refractivity contribution >= 4 is 29.0 Å². The Kier molecular flexibility index (Phi) is 4.42. The van der Waals surface area contributed by atoms with Crippen molar-refractivity contribution in [3.05, 3.63) is 74.7 Å². The monoisotopic (exact) mass is 393 g/mol. The summed E-state index contributed by atoms with van der Waals surface area (Å²) in [5.41, 5.74) is 1.12. The predicted octanol–water partition coefficient (Wildman–Crippen LogP) is 1.26. The lowest BCUT2D eigenvalue weighted by Gasteiger charge is -2.05. The molecule has 148 valence electrons. The van der Waals surface area contributed by atoms with Gasteiger partial charge in [-0.15, -0.1) is 0 Å². The number of imidazole rings is 2. The SMILES string of the molecule is Cc1cn2c3c(=O)n(C/C=C/c4ccccc4)c(=O)n(C)c3nc2n1CC(=O)O. The Morgan fingerprint density at radius 2 is 1.90 bits per heavy atom. The van der Waals surface area contributed by atoms with Crippen LogP contribution in [-0.2, 0) is 24.9 Å². The molecule has 0 radical (unpaired) electrons. The molecule has 0 amide bonds. The topological polar surface area (TPSA) is 104 Å². The molecule has 0 aliphatic carbocycles. The Bertz CT molecular complexity index is 1390. The van der Waals surface area contributed by atoms with E-state index in [4.69, 9.17) is 5.11 Å². The van der Waals surface area contributed by atoms with Crippen LogP contribution in [0.15, 0.2) is 52.2 Å². The number of allylic oxidation sites excluding steroid dienone is 1. The van der Waals surface area contributed by atoms with Crippen molar-refractivity contribution in [2.45, 2.75) is 20.0 Å². The molecule has 0 spiro atoms. The van der Waals surface area contributed by atoms with Crippen LogP contribution in [0.25, 0.3) is 23.0 Å². The third kappa shape index (κ3) is 3.06.